The highest BCUT2D eigenvalue weighted by Gasteiger charge is 2.07. The van der Waals surface area contributed by atoms with Crippen LogP contribution in [0.25, 0.3) is 0 Å². The van der Waals surface area contributed by atoms with E-state index in [1.165, 1.54) is 11.3 Å². The highest BCUT2D eigenvalue weighted by molar-refractivity contribution is 5.47. The lowest BCUT2D eigenvalue weighted by molar-refractivity contribution is 0.765. The summed E-state index contributed by atoms with van der Waals surface area (Å²) in [5.41, 5.74) is 9.12. The molecule has 0 atom stereocenters. The summed E-state index contributed by atoms with van der Waals surface area (Å²) >= 11 is 0. The van der Waals surface area contributed by atoms with Gasteiger partial charge in [0.05, 0.1) is 5.69 Å². The maximum Gasteiger partial charge on any atom is 0.0560 e. The van der Waals surface area contributed by atoms with Crippen molar-refractivity contribution in [1.29, 1.82) is 0 Å². The first-order valence-corrected chi connectivity index (χ1v) is 6.77. The van der Waals surface area contributed by atoms with Crippen molar-refractivity contribution in [1.82, 2.24) is 4.98 Å². The van der Waals surface area contributed by atoms with E-state index in [-0.39, 0.29) is 0 Å². The van der Waals surface area contributed by atoms with Crippen LogP contribution >= 0.6 is 0 Å². The minimum Gasteiger partial charge on any atom is -0.367 e. The first-order valence-electron chi connectivity index (χ1n) is 6.77. The molecule has 0 bridgehead atoms. The van der Waals surface area contributed by atoms with Crippen LogP contribution in [0.3, 0.4) is 0 Å². The molecule has 0 saturated carbocycles. The zero-order valence-corrected chi connectivity index (χ0v) is 11.4. The lowest BCUT2D eigenvalue weighted by atomic mass is 10.2. The third-order valence-electron chi connectivity index (χ3n) is 3.08. The largest absolute Gasteiger partial charge is 0.367 e. The molecule has 0 spiro atoms. The Morgan fingerprint density at radius 2 is 1.95 bits per heavy atom. The van der Waals surface area contributed by atoms with Gasteiger partial charge in [-0.15, -0.1) is 0 Å². The van der Waals surface area contributed by atoms with Gasteiger partial charge < -0.3 is 10.6 Å². The van der Waals surface area contributed by atoms with Crippen LogP contribution in [0, 0.1) is 0 Å². The summed E-state index contributed by atoms with van der Waals surface area (Å²) in [6.45, 7) is 4.63. The van der Waals surface area contributed by atoms with Crippen molar-refractivity contribution in [3.63, 3.8) is 0 Å². The summed E-state index contributed by atoms with van der Waals surface area (Å²) in [7, 11) is 0. The average Bonchev–Trinajstić information content (AvgIpc) is 2.48. The Hall–Kier alpha value is -1.87. The van der Waals surface area contributed by atoms with E-state index in [0.717, 1.165) is 25.2 Å². The van der Waals surface area contributed by atoms with Gasteiger partial charge in [0.1, 0.15) is 0 Å². The minimum atomic E-state index is 0.485. The Kier molecular flexibility index (Phi) is 4.93. The molecule has 0 unspecified atom stereocenters. The summed E-state index contributed by atoms with van der Waals surface area (Å²) in [6.07, 6.45) is 2.96. The van der Waals surface area contributed by atoms with Crippen LogP contribution in [0.5, 0.6) is 0 Å². The second-order valence-electron chi connectivity index (χ2n) is 4.62. The molecular weight excluding hydrogens is 234 g/mol. The third-order valence-corrected chi connectivity index (χ3v) is 3.08. The van der Waals surface area contributed by atoms with E-state index in [1.807, 2.05) is 12.3 Å². The van der Waals surface area contributed by atoms with E-state index in [1.54, 1.807) is 0 Å². The van der Waals surface area contributed by atoms with E-state index < -0.39 is 0 Å². The number of benzene rings is 1. The SMILES string of the molecule is CCCN(Cc1ccccc1)c1ccnc(CN)c1. The van der Waals surface area contributed by atoms with Gasteiger partial charge in [0.2, 0.25) is 0 Å². The molecule has 3 nitrogen and oxygen atoms in total. The molecule has 0 fully saturated rings. The molecule has 19 heavy (non-hydrogen) atoms. The first kappa shape index (κ1) is 13.6. The molecule has 2 rings (SSSR count). The number of aromatic nitrogens is 1. The quantitative estimate of drug-likeness (QED) is 0.863. The molecule has 0 radical (unpaired) electrons. The van der Waals surface area contributed by atoms with Crippen LogP contribution in [-0.2, 0) is 13.1 Å². The fraction of sp³-hybridized carbons (Fsp3) is 0.312. The molecule has 2 aromatic rings. The molecule has 0 saturated heterocycles. The van der Waals surface area contributed by atoms with E-state index in [9.17, 15) is 0 Å². The number of hydrogen-bond donors (Lipinski definition) is 1. The number of pyridine rings is 1. The van der Waals surface area contributed by atoms with Crippen LogP contribution in [0.15, 0.2) is 48.7 Å². The van der Waals surface area contributed by atoms with Crippen molar-refractivity contribution < 1.29 is 0 Å². The van der Waals surface area contributed by atoms with E-state index in [2.05, 4.69) is 53.2 Å². The van der Waals surface area contributed by atoms with Crippen molar-refractivity contribution in [2.24, 2.45) is 5.73 Å². The normalized spacial score (nSPS) is 10.4. The Balaban J connectivity index is 2.19. The van der Waals surface area contributed by atoms with Crippen LogP contribution < -0.4 is 10.6 Å². The summed E-state index contributed by atoms with van der Waals surface area (Å²) in [6, 6.07) is 14.7. The highest BCUT2D eigenvalue weighted by Crippen LogP contribution is 2.18. The van der Waals surface area contributed by atoms with E-state index in [0.29, 0.717) is 6.54 Å². The summed E-state index contributed by atoms with van der Waals surface area (Å²) in [5, 5.41) is 0. The fourth-order valence-electron chi connectivity index (χ4n) is 2.15. The molecule has 0 aliphatic heterocycles. The zero-order chi connectivity index (χ0) is 13.5. The minimum absolute atomic E-state index is 0.485. The zero-order valence-electron chi connectivity index (χ0n) is 11.4. The maximum absolute atomic E-state index is 5.66. The number of anilines is 1. The standard InChI is InChI=1S/C16H21N3/c1-2-10-19(13-14-6-4-3-5-7-14)16-8-9-18-15(11-16)12-17/h3-9,11H,2,10,12-13,17H2,1H3. The smallest absolute Gasteiger partial charge is 0.0560 e. The molecule has 3 heteroatoms. The van der Waals surface area contributed by atoms with Gasteiger partial charge in [-0.05, 0) is 24.1 Å². The van der Waals surface area contributed by atoms with Crippen molar-refractivity contribution in [3.05, 3.63) is 59.9 Å². The topological polar surface area (TPSA) is 42.2 Å². The third kappa shape index (κ3) is 3.80. The Morgan fingerprint density at radius 1 is 1.16 bits per heavy atom. The molecule has 0 aliphatic rings. The molecule has 1 aromatic heterocycles. The molecule has 1 heterocycles. The maximum atomic E-state index is 5.66. The van der Waals surface area contributed by atoms with Gasteiger partial charge in [0, 0.05) is 31.5 Å². The van der Waals surface area contributed by atoms with Crippen LogP contribution in [0.1, 0.15) is 24.6 Å². The lowest BCUT2D eigenvalue weighted by Crippen LogP contribution is -2.23. The molecule has 0 aliphatic carbocycles. The van der Waals surface area contributed by atoms with Crippen LogP contribution in [0.2, 0.25) is 0 Å². The van der Waals surface area contributed by atoms with Crippen molar-refractivity contribution in [2.75, 3.05) is 11.4 Å². The molecule has 1 aromatic carbocycles. The van der Waals surface area contributed by atoms with Crippen molar-refractivity contribution in [3.8, 4) is 0 Å². The Labute approximate surface area is 115 Å². The fourth-order valence-corrected chi connectivity index (χ4v) is 2.15. The van der Waals surface area contributed by atoms with E-state index in [4.69, 9.17) is 5.73 Å². The summed E-state index contributed by atoms with van der Waals surface area (Å²) < 4.78 is 0. The number of nitrogens with zero attached hydrogens (tertiary/aromatic N) is 2. The molecule has 0 amide bonds. The van der Waals surface area contributed by atoms with E-state index >= 15 is 0 Å². The summed E-state index contributed by atoms with van der Waals surface area (Å²) in [4.78, 5) is 6.63. The van der Waals surface area contributed by atoms with Gasteiger partial charge >= 0.3 is 0 Å². The van der Waals surface area contributed by atoms with Crippen molar-refractivity contribution >= 4 is 5.69 Å². The lowest BCUT2D eigenvalue weighted by Gasteiger charge is -2.24. The predicted molar refractivity (Wildman–Crippen MR) is 79.9 cm³/mol. The molecule has 2 N–H and O–H groups in total. The van der Waals surface area contributed by atoms with Crippen LogP contribution in [0.4, 0.5) is 5.69 Å². The first-order chi connectivity index (χ1) is 9.33. The predicted octanol–water partition coefficient (Wildman–Crippen LogP) is 2.96. The average molecular weight is 255 g/mol. The number of nitrogens with two attached hydrogens (primary N) is 1. The monoisotopic (exact) mass is 255 g/mol. The van der Waals surface area contributed by atoms with Gasteiger partial charge in [0.25, 0.3) is 0 Å². The second kappa shape index (κ2) is 6.90. The van der Waals surface area contributed by atoms with Crippen LogP contribution in [-0.4, -0.2) is 11.5 Å². The van der Waals surface area contributed by atoms with Gasteiger partial charge in [-0.2, -0.15) is 0 Å². The van der Waals surface area contributed by atoms with Gasteiger partial charge in [-0.25, -0.2) is 0 Å². The highest BCUT2D eigenvalue weighted by atomic mass is 15.1. The summed E-state index contributed by atoms with van der Waals surface area (Å²) in [5.74, 6) is 0. The van der Waals surface area contributed by atoms with Gasteiger partial charge in [-0.3, -0.25) is 4.98 Å². The molecule has 100 valence electrons. The Morgan fingerprint density at radius 3 is 2.63 bits per heavy atom. The number of rotatable bonds is 6. The second-order valence-corrected chi connectivity index (χ2v) is 4.62. The number of hydrogen-bond acceptors (Lipinski definition) is 3. The molecular formula is C16H21N3. The van der Waals surface area contributed by atoms with Gasteiger partial charge in [0.15, 0.2) is 0 Å². The Bertz CT molecular complexity index is 496. The van der Waals surface area contributed by atoms with Crippen molar-refractivity contribution in [2.45, 2.75) is 26.4 Å². The van der Waals surface area contributed by atoms with Gasteiger partial charge in [-0.1, -0.05) is 37.3 Å².